The molecule has 26 heavy (non-hydrogen) atoms. The molecule has 1 aliphatic heterocycles. The number of furan rings is 1. The fourth-order valence-electron chi connectivity index (χ4n) is 3.11. The van der Waals surface area contributed by atoms with Gasteiger partial charge in [0, 0.05) is 32.7 Å². The molecular weight excluding hydrogens is 336 g/mol. The Morgan fingerprint density at radius 2 is 1.85 bits per heavy atom. The van der Waals surface area contributed by atoms with Crippen LogP contribution in [0.1, 0.15) is 11.8 Å². The minimum atomic E-state index is -0.461. The molecule has 2 heterocycles. The highest BCUT2D eigenvalue weighted by Gasteiger charge is 2.27. The van der Waals surface area contributed by atoms with Gasteiger partial charge in [-0.15, -0.1) is 0 Å². The first-order chi connectivity index (χ1) is 12.6. The van der Waals surface area contributed by atoms with Crippen LogP contribution >= 0.6 is 0 Å². The number of hydrogen-bond acceptors (Lipinski definition) is 8. The summed E-state index contributed by atoms with van der Waals surface area (Å²) in [6, 6.07) is 3.77. The molecular formula is C18H26N4O4. The predicted molar refractivity (Wildman–Crippen MR) is 101 cm³/mol. The molecule has 0 spiro atoms. The largest absolute Gasteiger partial charge is 0.468 e. The van der Waals surface area contributed by atoms with Gasteiger partial charge in [-0.05, 0) is 26.2 Å². The van der Waals surface area contributed by atoms with Crippen molar-refractivity contribution in [1.82, 2.24) is 9.80 Å². The Bertz CT molecular complexity index is 759. The molecule has 1 atom stereocenters. The molecule has 2 N–H and O–H groups in total. The predicted octanol–water partition coefficient (Wildman–Crippen LogP) is 0.335. The van der Waals surface area contributed by atoms with Crippen LogP contribution in [0.2, 0.25) is 0 Å². The van der Waals surface area contributed by atoms with Crippen molar-refractivity contribution in [1.29, 1.82) is 0 Å². The summed E-state index contributed by atoms with van der Waals surface area (Å²) in [7, 11) is 3.92. The molecule has 0 saturated carbocycles. The molecule has 0 amide bonds. The van der Waals surface area contributed by atoms with E-state index in [1.807, 2.05) is 31.1 Å². The van der Waals surface area contributed by atoms with Crippen LogP contribution in [0.5, 0.6) is 0 Å². The average Bonchev–Trinajstić information content (AvgIpc) is 3.17. The number of nitrogens with zero attached hydrogens (tertiary/aromatic N) is 2. The molecule has 1 aliphatic rings. The average molecular weight is 362 g/mol. The van der Waals surface area contributed by atoms with Crippen molar-refractivity contribution in [3.63, 3.8) is 0 Å². The molecule has 8 heteroatoms. The quantitative estimate of drug-likeness (QED) is 0.618. The zero-order valence-corrected chi connectivity index (χ0v) is 15.3. The maximum absolute atomic E-state index is 12.0. The van der Waals surface area contributed by atoms with Gasteiger partial charge in [0.1, 0.15) is 17.1 Å². The monoisotopic (exact) mass is 362 g/mol. The van der Waals surface area contributed by atoms with Gasteiger partial charge < -0.3 is 24.7 Å². The van der Waals surface area contributed by atoms with Crippen LogP contribution < -0.4 is 21.5 Å². The van der Waals surface area contributed by atoms with Gasteiger partial charge in [0.05, 0.1) is 25.5 Å². The van der Waals surface area contributed by atoms with E-state index in [4.69, 9.17) is 9.15 Å². The van der Waals surface area contributed by atoms with Crippen molar-refractivity contribution in [2.45, 2.75) is 6.04 Å². The second-order valence-electron chi connectivity index (χ2n) is 6.70. The van der Waals surface area contributed by atoms with E-state index in [0.29, 0.717) is 37.7 Å². The third-order valence-electron chi connectivity index (χ3n) is 4.60. The number of likely N-dealkylation sites (N-methyl/N-ethyl adjacent to an activating group) is 1. The van der Waals surface area contributed by atoms with E-state index in [9.17, 15) is 9.59 Å². The van der Waals surface area contributed by atoms with Gasteiger partial charge in [-0.3, -0.25) is 14.5 Å². The van der Waals surface area contributed by atoms with Gasteiger partial charge in [0.15, 0.2) is 0 Å². The standard InChI is InChI=1S/C18H26N4O4/c1-21(2)6-5-19-15-16(18(24)17(15)23)20-12-13(14-4-3-9-26-14)22-7-10-25-11-8-22/h3-4,9,13,19-20H,5-8,10-12H2,1-2H3. The van der Waals surface area contributed by atoms with Crippen LogP contribution in [-0.4, -0.2) is 69.8 Å². The van der Waals surface area contributed by atoms with E-state index in [2.05, 4.69) is 15.5 Å². The lowest BCUT2D eigenvalue weighted by atomic mass is 10.1. The van der Waals surface area contributed by atoms with Crippen molar-refractivity contribution in [2.24, 2.45) is 0 Å². The van der Waals surface area contributed by atoms with Gasteiger partial charge in [-0.2, -0.15) is 0 Å². The summed E-state index contributed by atoms with van der Waals surface area (Å²) in [6.07, 6.45) is 1.65. The van der Waals surface area contributed by atoms with Gasteiger partial charge in [-0.25, -0.2) is 0 Å². The van der Waals surface area contributed by atoms with E-state index < -0.39 is 10.9 Å². The van der Waals surface area contributed by atoms with E-state index in [1.54, 1.807) is 6.26 Å². The normalized spacial score (nSPS) is 16.9. The molecule has 8 nitrogen and oxygen atoms in total. The summed E-state index contributed by atoms with van der Waals surface area (Å²) in [6.45, 7) is 4.82. The Hall–Kier alpha value is -2.16. The molecule has 1 saturated heterocycles. The molecule has 3 rings (SSSR count). The Kier molecular flexibility index (Phi) is 6.08. The maximum Gasteiger partial charge on any atom is 0.253 e. The third kappa shape index (κ3) is 4.14. The SMILES string of the molecule is CN(C)CCNc1c(NCC(c2ccco2)N2CCOCC2)c(=O)c1=O. The van der Waals surface area contributed by atoms with E-state index in [1.165, 1.54) is 0 Å². The van der Waals surface area contributed by atoms with Crippen LogP contribution in [-0.2, 0) is 4.74 Å². The molecule has 1 fully saturated rings. The van der Waals surface area contributed by atoms with Crippen molar-refractivity contribution in [3.05, 3.63) is 44.6 Å². The Labute approximate surface area is 152 Å². The molecule has 1 unspecified atom stereocenters. The smallest absolute Gasteiger partial charge is 0.253 e. The highest BCUT2D eigenvalue weighted by Crippen LogP contribution is 2.24. The van der Waals surface area contributed by atoms with Crippen LogP contribution in [0.4, 0.5) is 11.4 Å². The zero-order chi connectivity index (χ0) is 18.5. The van der Waals surface area contributed by atoms with Crippen LogP contribution in [0, 0.1) is 0 Å². The summed E-state index contributed by atoms with van der Waals surface area (Å²) >= 11 is 0. The highest BCUT2D eigenvalue weighted by molar-refractivity contribution is 5.74. The lowest BCUT2D eigenvalue weighted by Crippen LogP contribution is -2.43. The van der Waals surface area contributed by atoms with Crippen LogP contribution in [0.15, 0.2) is 32.4 Å². The number of anilines is 2. The highest BCUT2D eigenvalue weighted by atomic mass is 16.5. The summed E-state index contributed by atoms with van der Waals surface area (Å²) < 4.78 is 11.0. The van der Waals surface area contributed by atoms with Gasteiger partial charge >= 0.3 is 0 Å². The molecule has 1 aromatic heterocycles. The van der Waals surface area contributed by atoms with Crippen LogP contribution in [0.25, 0.3) is 0 Å². The fraction of sp³-hybridized carbons (Fsp3) is 0.556. The summed E-state index contributed by atoms with van der Waals surface area (Å²) in [5.41, 5.74) is -0.153. The van der Waals surface area contributed by atoms with Crippen molar-refractivity contribution in [2.75, 3.05) is 70.7 Å². The minimum Gasteiger partial charge on any atom is -0.468 e. The van der Waals surface area contributed by atoms with Gasteiger partial charge in [0.25, 0.3) is 10.9 Å². The minimum absolute atomic E-state index is 0.0204. The zero-order valence-electron chi connectivity index (χ0n) is 15.3. The first kappa shape index (κ1) is 18.6. The van der Waals surface area contributed by atoms with Crippen molar-refractivity contribution >= 4 is 11.4 Å². The first-order valence-electron chi connectivity index (χ1n) is 8.89. The van der Waals surface area contributed by atoms with Crippen molar-refractivity contribution in [3.8, 4) is 0 Å². The molecule has 0 aliphatic carbocycles. The molecule has 2 aromatic rings. The summed E-state index contributed by atoms with van der Waals surface area (Å²) in [5, 5.41) is 6.23. The maximum atomic E-state index is 12.0. The Morgan fingerprint density at radius 1 is 1.15 bits per heavy atom. The van der Waals surface area contributed by atoms with E-state index in [0.717, 1.165) is 25.4 Å². The van der Waals surface area contributed by atoms with Crippen molar-refractivity contribution < 1.29 is 9.15 Å². The summed E-state index contributed by atoms with van der Waals surface area (Å²) in [4.78, 5) is 28.1. The molecule has 1 aromatic carbocycles. The lowest BCUT2D eigenvalue weighted by Gasteiger charge is -2.33. The second-order valence-corrected chi connectivity index (χ2v) is 6.70. The number of nitrogens with one attached hydrogen (secondary N) is 2. The molecule has 0 radical (unpaired) electrons. The van der Waals surface area contributed by atoms with Gasteiger partial charge in [0.2, 0.25) is 0 Å². The Balaban J connectivity index is 1.66. The molecule has 142 valence electrons. The van der Waals surface area contributed by atoms with E-state index >= 15 is 0 Å². The fourth-order valence-corrected chi connectivity index (χ4v) is 3.11. The first-order valence-corrected chi connectivity index (χ1v) is 8.89. The topological polar surface area (TPSA) is 87.0 Å². The number of hydrogen-bond donors (Lipinski definition) is 2. The number of morpholine rings is 1. The summed E-state index contributed by atoms with van der Waals surface area (Å²) in [5.74, 6) is 0.834. The number of rotatable bonds is 9. The lowest BCUT2D eigenvalue weighted by molar-refractivity contribution is 0.0144. The second kappa shape index (κ2) is 8.48. The van der Waals surface area contributed by atoms with Gasteiger partial charge in [-0.1, -0.05) is 0 Å². The Morgan fingerprint density at radius 3 is 2.46 bits per heavy atom. The third-order valence-corrected chi connectivity index (χ3v) is 4.60. The number of ether oxygens (including phenoxy) is 1. The molecule has 0 bridgehead atoms. The van der Waals surface area contributed by atoms with Crippen LogP contribution in [0.3, 0.4) is 0 Å². The van der Waals surface area contributed by atoms with E-state index in [-0.39, 0.29) is 6.04 Å².